The minimum absolute atomic E-state index is 0.0849. The average molecular weight is 376 g/mol. The molecule has 2 N–H and O–H groups in total. The number of nitrogens with one attached hydrogen (secondary N) is 2. The molecule has 0 radical (unpaired) electrons. The SMILES string of the molecule is Cc1cnc(NC(=O)Cc2csc(NC(=O)c3ccc(F)cc3)n2)s1. The molecule has 0 aliphatic rings. The summed E-state index contributed by atoms with van der Waals surface area (Å²) in [5, 5.41) is 7.95. The van der Waals surface area contributed by atoms with Gasteiger partial charge in [-0.15, -0.1) is 22.7 Å². The number of halogens is 1. The highest BCUT2D eigenvalue weighted by molar-refractivity contribution is 7.15. The van der Waals surface area contributed by atoms with Crippen LogP contribution in [0, 0.1) is 12.7 Å². The molecule has 0 fully saturated rings. The molecule has 0 spiro atoms. The van der Waals surface area contributed by atoms with Crippen LogP contribution in [-0.4, -0.2) is 21.8 Å². The molecule has 25 heavy (non-hydrogen) atoms. The topological polar surface area (TPSA) is 84.0 Å². The Morgan fingerprint density at radius 2 is 1.92 bits per heavy atom. The molecule has 0 aliphatic carbocycles. The van der Waals surface area contributed by atoms with Crippen molar-refractivity contribution in [2.45, 2.75) is 13.3 Å². The molecule has 0 atom stereocenters. The molecular formula is C16H13FN4O2S2. The van der Waals surface area contributed by atoms with Gasteiger partial charge in [-0.1, -0.05) is 0 Å². The first-order valence-electron chi connectivity index (χ1n) is 7.23. The number of thiazole rings is 2. The van der Waals surface area contributed by atoms with Crippen LogP contribution in [0.25, 0.3) is 0 Å². The standard InChI is InChI=1S/C16H13FN4O2S2/c1-9-7-18-15(25-9)20-13(22)6-12-8-24-16(19-12)21-14(23)10-2-4-11(17)5-3-10/h2-5,7-8H,6H2,1H3,(H,18,20,22)(H,19,21,23). The average Bonchev–Trinajstić information content (AvgIpc) is 3.17. The van der Waals surface area contributed by atoms with Gasteiger partial charge >= 0.3 is 0 Å². The number of carbonyl (C=O) groups is 2. The summed E-state index contributed by atoms with van der Waals surface area (Å²) in [4.78, 5) is 33.3. The lowest BCUT2D eigenvalue weighted by atomic mass is 10.2. The number of aromatic nitrogens is 2. The molecule has 3 aromatic rings. The Labute approximate surface area is 150 Å². The molecule has 6 nitrogen and oxygen atoms in total. The first-order chi connectivity index (χ1) is 12.0. The van der Waals surface area contributed by atoms with Gasteiger partial charge in [-0.2, -0.15) is 0 Å². The zero-order chi connectivity index (χ0) is 17.8. The Morgan fingerprint density at radius 3 is 2.60 bits per heavy atom. The van der Waals surface area contributed by atoms with E-state index < -0.39 is 5.82 Å². The predicted molar refractivity (Wildman–Crippen MR) is 95.7 cm³/mol. The van der Waals surface area contributed by atoms with Crippen molar-refractivity contribution < 1.29 is 14.0 Å². The van der Waals surface area contributed by atoms with Crippen molar-refractivity contribution in [3.05, 3.63) is 57.8 Å². The summed E-state index contributed by atoms with van der Waals surface area (Å²) < 4.78 is 12.9. The maximum Gasteiger partial charge on any atom is 0.257 e. The van der Waals surface area contributed by atoms with Crippen molar-refractivity contribution in [3.63, 3.8) is 0 Å². The lowest BCUT2D eigenvalue weighted by Crippen LogP contribution is -2.15. The van der Waals surface area contributed by atoms with Gasteiger partial charge in [0.25, 0.3) is 5.91 Å². The largest absolute Gasteiger partial charge is 0.302 e. The second-order valence-electron chi connectivity index (χ2n) is 5.11. The van der Waals surface area contributed by atoms with Gasteiger partial charge < -0.3 is 5.32 Å². The summed E-state index contributed by atoms with van der Waals surface area (Å²) in [5.41, 5.74) is 0.875. The Kier molecular flexibility index (Phi) is 5.15. The van der Waals surface area contributed by atoms with Gasteiger partial charge in [-0.05, 0) is 31.2 Å². The summed E-state index contributed by atoms with van der Waals surface area (Å²) in [6.07, 6.45) is 1.77. The molecule has 128 valence electrons. The predicted octanol–water partition coefficient (Wildman–Crippen LogP) is 3.48. The van der Waals surface area contributed by atoms with E-state index in [-0.39, 0.29) is 18.2 Å². The summed E-state index contributed by atoms with van der Waals surface area (Å²) in [6.45, 7) is 1.91. The Morgan fingerprint density at radius 1 is 1.16 bits per heavy atom. The number of anilines is 2. The third-order valence-corrected chi connectivity index (χ3v) is 4.72. The molecule has 0 saturated heterocycles. The quantitative estimate of drug-likeness (QED) is 0.714. The van der Waals surface area contributed by atoms with E-state index >= 15 is 0 Å². The monoisotopic (exact) mass is 376 g/mol. The van der Waals surface area contributed by atoms with Crippen LogP contribution in [0.2, 0.25) is 0 Å². The first-order valence-corrected chi connectivity index (χ1v) is 8.93. The zero-order valence-electron chi connectivity index (χ0n) is 13.1. The third kappa shape index (κ3) is 4.68. The number of benzene rings is 1. The first kappa shape index (κ1) is 17.2. The van der Waals surface area contributed by atoms with E-state index in [0.29, 0.717) is 21.5 Å². The van der Waals surface area contributed by atoms with Crippen LogP contribution < -0.4 is 10.6 Å². The fraction of sp³-hybridized carbons (Fsp3) is 0.125. The minimum atomic E-state index is -0.408. The second-order valence-corrected chi connectivity index (χ2v) is 7.20. The smallest absolute Gasteiger partial charge is 0.257 e. The van der Waals surface area contributed by atoms with E-state index in [1.165, 1.54) is 46.9 Å². The fourth-order valence-electron chi connectivity index (χ4n) is 1.96. The third-order valence-electron chi connectivity index (χ3n) is 3.09. The van der Waals surface area contributed by atoms with Crippen LogP contribution in [0.15, 0.2) is 35.8 Å². The van der Waals surface area contributed by atoms with Crippen LogP contribution >= 0.6 is 22.7 Å². The minimum Gasteiger partial charge on any atom is -0.302 e. The van der Waals surface area contributed by atoms with E-state index in [9.17, 15) is 14.0 Å². The van der Waals surface area contributed by atoms with Crippen molar-refractivity contribution in [1.82, 2.24) is 9.97 Å². The van der Waals surface area contributed by atoms with Crippen LogP contribution in [0.3, 0.4) is 0 Å². The zero-order valence-corrected chi connectivity index (χ0v) is 14.7. The lowest BCUT2D eigenvalue weighted by molar-refractivity contribution is -0.115. The van der Waals surface area contributed by atoms with E-state index in [1.54, 1.807) is 11.6 Å². The normalized spacial score (nSPS) is 10.5. The molecule has 0 aliphatic heterocycles. The van der Waals surface area contributed by atoms with Crippen molar-refractivity contribution in [2.75, 3.05) is 10.6 Å². The molecule has 9 heteroatoms. The molecule has 0 bridgehead atoms. The number of hydrogen-bond donors (Lipinski definition) is 2. The number of nitrogens with zero attached hydrogens (tertiary/aromatic N) is 2. The number of amides is 2. The van der Waals surface area contributed by atoms with E-state index in [4.69, 9.17) is 0 Å². The molecule has 2 amide bonds. The molecular weight excluding hydrogens is 363 g/mol. The van der Waals surface area contributed by atoms with Gasteiger partial charge in [0.2, 0.25) is 5.91 Å². The van der Waals surface area contributed by atoms with Crippen molar-refractivity contribution in [3.8, 4) is 0 Å². The van der Waals surface area contributed by atoms with Crippen LogP contribution in [0.1, 0.15) is 20.9 Å². The molecule has 0 unspecified atom stereocenters. The highest BCUT2D eigenvalue weighted by atomic mass is 32.1. The van der Waals surface area contributed by atoms with Gasteiger partial charge in [0.05, 0.1) is 12.1 Å². The van der Waals surface area contributed by atoms with Crippen LogP contribution in [0.4, 0.5) is 14.7 Å². The maximum absolute atomic E-state index is 12.9. The molecule has 2 aromatic heterocycles. The number of aryl methyl sites for hydroxylation is 1. The fourth-order valence-corrected chi connectivity index (χ4v) is 3.34. The van der Waals surface area contributed by atoms with Gasteiger partial charge in [0.1, 0.15) is 5.82 Å². The summed E-state index contributed by atoms with van der Waals surface area (Å²) in [5.74, 6) is -1.02. The Hall–Kier alpha value is -2.65. The van der Waals surface area contributed by atoms with E-state index in [0.717, 1.165) is 4.88 Å². The van der Waals surface area contributed by atoms with Crippen molar-refractivity contribution in [1.29, 1.82) is 0 Å². The number of hydrogen-bond acceptors (Lipinski definition) is 6. The number of rotatable bonds is 5. The van der Waals surface area contributed by atoms with E-state index in [2.05, 4.69) is 20.6 Å². The van der Waals surface area contributed by atoms with Crippen LogP contribution in [-0.2, 0) is 11.2 Å². The van der Waals surface area contributed by atoms with Crippen LogP contribution in [0.5, 0.6) is 0 Å². The highest BCUT2D eigenvalue weighted by Crippen LogP contribution is 2.19. The van der Waals surface area contributed by atoms with Gasteiger partial charge in [0, 0.05) is 22.0 Å². The molecule has 2 heterocycles. The lowest BCUT2D eigenvalue weighted by Gasteiger charge is -2.01. The summed E-state index contributed by atoms with van der Waals surface area (Å²) >= 11 is 2.61. The van der Waals surface area contributed by atoms with Gasteiger partial charge in [-0.3, -0.25) is 14.9 Å². The Bertz CT molecular complexity index is 905. The van der Waals surface area contributed by atoms with Crippen molar-refractivity contribution >= 4 is 44.8 Å². The molecule has 3 rings (SSSR count). The molecule has 0 saturated carbocycles. The van der Waals surface area contributed by atoms with Crippen molar-refractivity contribution in [2.24, 2.45) is 0 Å². The summed E-state index contributed by atoms with van der Waals surface area (Å²) in [7, 11) is 0. The highest BCUT2D eigenvalue weighted by Gasteiger charge is 2.12. The Balaban J connectivity index is 1.57. The number of carbonyl (C=O) groups excluding carboxylic acids is 2. The summed E-state index contributed by atoms with van der Waals surface area (Å²) in [6, 6.07) is 5.21. The van der Waals surface area contributed by atoms with E-state index in [1.807, 2.05) is 6.92 Å². The molecule has 1 aromatic carbocycles. The maximum atomic E-state index is 12.9. The van der Waals surface area contributed by atoms with Gasteiger partial charge in [0.15, 0.2) is 10.3 Å². The van der Waals surface area contributed by atoms with Gasteiger partial charge in [-0.25, -0.2) is 14.4 Å². The second kappa shape index (κ2) is 7.49.